The van der Waals surface area contributed by atoms with Gasteiger partial charge in [0.1, 0.15) is 40.6 Å². The lowest BCUT2D eigenvalue weighted by molar-refractivity contribution is -0.137. The molecule has 0 spiro atoms. The topological polar surface area (TPSA) is 126 Å². The van der Waals surface area contributed by atoms with Crippen LogP contribution < -0.4 is 5.32 Å². The monoisotopic (exact) mass is 609 g/mol. The number of thiophene rings is 1. The van der Waals surface area contributed by atoms with Crippen LogP contribution in [0.4, 0.5) is 10.2 Å². The Kier molecular flexibility index (Phi) is 6.47. The van der Waals surface area contributed by atoms with E-state index in [4.69, 9.17) is 0 Å². The van der Waals surface area contributed by atoms with E-state index in [1.807, 2.05) is 23.6 Å². The van der Waals surface area contributed by atoms with Gasteiger partial charge < -0.3 is 10.2 Å². The molecule has 0 saturated carbocycles. The summed E-state index contributed by atoms with van der Waals surface area (Å²) >= 11 is 4.81. The van der Waals surface area contributed by atoms with Crippen molar-refractivity contribution < 1.29 is 18.8 Å². The molecule has 0 radical (unpaired) electrons. The normalized spacial score (nSPS) is 17.3. The molecule has 1 aromatic carbocycles. The van der Waals surface area contributed by atoms with Gasteiger partial charge in [0.2, 0.25) is 11.8 Å². The lowest BCUT2D eigenvalue weighted by Gasteiger charge is -2.23. The van der Waals surface area contributed by atoms with E-state index < -0.39 is 24.0 Å². The Labute approximate surface area is 233 Å². The van der Waals surface area contributed by atoms with Crippen LogP contribution in [0.25, 0.3) is 32.4 Å². The van der Waals surface area contributed by atoms with Crippen molar-refractivity contribution >= 4 is 71.8 Å². The number of anilines is 1. The van der Waals surface area contributed by atoms with Gasteiger partial charge in [-0.15, -0.1) is 11.3 Å². The van der Waals surface area contributed by atoms with Crippen LogP contribution >= 0.6 is 27.3 Å². The van der Waals surface area contributed by atoms with E-state index in [0.717, 1.165) is 21.5 Å². The summed E-state index contributed by atoms with van der Waals surface area (Å²) in [6, 6.07) is 11.5. The van der Waals surface area contributed by atoms with Gasteiger partial charge in [0.25, 0.3) is 0 Å². The number of hydrogen-bond acceptors (Lipinski definition) is 7. The number of halogens is 2. The third-order valence-electron chi connectivity index (χ3n) is 6.65. The number of H-pyrrole nitrogens is 1. The number of pyridine rings is 1. The molecule has 13 heteroatoms. The average Bonchev–Trinajstić information content (AvgIpc) is 3.67. The third kappa shape index (κ3) is 4.72. The first kappa shape index (κ1) is 25.3. The van der Waals surface area contributed by atoms with Crippen molar-refractivity contribution in [3.05, 3.63) is 58.1 Å². The molecule has 198 valence electrons. The van der Waals surface area contributed by atoms with Gasteiger partial charge >= 0.3 is 0 Å². The second-order valence-corrected chi connectivity index (χ2v) is 11.0. The average molecular weight is 610 g/mol. The molecule has 10 nitrogen and oxygen atoms in total. The van der Waals surface area contributed by atoms with Crippen molar-refractivity contribution in [2.75, 3.05) is 11.9 Å². The van der Waals surface area contributed by atoms with E-state index in [0.29, 0.717) is 21.3 Å². The number of benzene rings is 1. The Morgan fingerprint density at radius 1 is 1.23 bits per heavy atom. The van der Waals surface area contributed by atoms with Gasteiger partial charge in [-0.25, -0.2) is 9.37 Å². The number of rotatable bonds is 6. The minimum Gasteiger partial charge on any atom is -0.326 e. The van der Waals surface area contributed by atoms with Crippen LogP contribution in [0, 0.1) is 0 Å². The third-order valence-corrected chi connectivity index (χ3v) is 8.01. The molecular formula is C26H21BrFN7O3S. The molecule has 0 aliphatic carbocycles. The minimum atomic E-state index is -1.34. The highest BCUT2D eigenvalue weighted by atomic mass is 79.9. The molecule has 0 unspecified atom stereocenters. The summed E-state index contributed by atoms with van der Waals surface area (Å²) in [6.07, 6.45) is -1.46. The Bertz CT molecular complexity index is 1760. The maximum Gasteiger partial charge on any atom is 0.248 e. The van der Waals surface area contributed by atoms with Crippen LogP contribution in [0.2, 0.25) is 0 Å². The number of likely N-dealkylation sites (tertiary alicyclic amines) is 1. The largest absolute Gasteiger partial charge is 0.326 e. The van der Waals surface area contributed by atoms with E-state index in [9.17, 15) is 18.8 Å². The summed E-state index contributed by atoms with van der Waals surface area (Å²) in [4.78, 5) is 44.2. The number of alkyl halides is 1. The maximum atomic E-state index is 14.4. The molecule has 1 aliphatic heterocycles. The van der Waals surface area contributed by atoms with Gasteiger partial charge in [0.15, 0.2) is 5.78 Å². The molecule has 2 amide bonds. The zero-order valence-electron chi connectivity index (χ0n) is 20.5. The van der Waals surface area contributed by atoms with Crippen molar-refractivity contribution in [3.8, 4) is 11.3 Å². The Balaban J connectivity index is 1.28. The summed E-state index contributed by atoms with van der Waals surface area (Å²) in [6.45, 7) is 0.950. The molecule has 4 aromatic heterocycles. The number of ketones is 1. The predicted octanol–water partition coefficient (Wildman–Crippen LogP) is 4.58. The van der Waals surface area contributed by atoms with E-state index in [2.05, 4.69) is 41.5 Å². The summed E-state index contributed by atoms with van der Waals surface area (Å²) in [5.41, 5.74) is 3.29. The van der Waals surface area contributed by atoms with Crippen LogP contribution in [0.3, 0.4) is 0 Å². The fraction of sp³-hybridized carbons (Fsp3) is 0.231. The summed E-state index contributed by atoms with van der Waals surface area (Å²) in [5, 5.41) is 17.1. The summed E-state index contributed by atoms with van der Waals surface area (Å²) in [7, 11) is 0. The Morgan fingerprint density at radius 2 is 2.08 bits per heavy atom. The van der Waals surface area contributed by atoms with Gasteiger partial charge in [-0.05, 0) is 51.6 Å². The number of fused-ring (bicyclic) bond motifs is 2. The summed E-state index contributed by atoms with van der Waals surface area (Å²) < 4.78 is 17.4. The Morgan fingerprint density at radius 3 is 2.87 bits per heavy atom. The first-order valence-electron chi connectivity index (χ1n) is 12.1. The number of Topliss-reactive ketones (excluding diaryl/α,β-unsaturated/α-hetero) is 1. The number of nitrogens with one attached hydrogen (secondary N) is 2. The number of hydrogen-bond donors (Lipinski definition) is 2. The molecule has 2 N–H and O–H groups in total. The standard InChI is InChI=1S/C26H21BrFN7O3S/c1-13(36)23-16-9-14(24-25-17(31-32-24)7-8-39-25)5-6-18(16)35(33-23)12-22(37)34-11-15(28)10-19(34)26(38)30-21-4-2-3-20(27)29-21/h2-9,15,19H,10-12H2,1H3,(H,31,32)(H,29,30,38)/t15-,19+/m1/s1. The highest BCUT2D eigenvalue weighted by Gasteiger charge is 2.40. The van der Waals surface area contributed by atoms with Crippen LogP contribution in [-0.4, -0.2) is 66.2 Å². The van der Waals surface area contributed by atoms with Crippen molar-refractivity contribution in [3.63, 3.8) is 0 Å². The molecule has 1 aliphatic rings. The Hall–Kier alpha value is -3.97. The van der Waals surface area contributed by atoms with Gasteiger partial charge in [-0.2, -0.15) is 10.2 Å². The lowest BCUT2D eigenvalue weighted by atomic mass is 10.1. The van der Waals surface area contributed by atoms with Gasteiger partial charge in [-0.1, -0.05) is 12.1 Å². The number of amides is 2. The fourth-order valence-electron chi connectivity index (χ4n) is 4.87. The zero-order valence-corrected chi connectivity index (χ0v) is 22.9. The second-order valence-electron chi connectivity index (χ2n) is 9.26. The fourth-order valence-corrected chi connectivity index (χ4v) is 6.07. The van der Waals surface area contributed by atoms with Crippen molar-refractivity contribution in [2.24, 2.45) is 0 Å². The smallest absolute Gasteiger partial charge is 0.248 e. The maximum absolute atomic E-state index is 14.4. The molecule has 1 fully saturated rings. The van der Waals surface area contributed by atoms with Crippen molar-refractivity contribution in [2.45, 2.75) is 32.1 Å². The van der Waals surface area contributed by atoms with Gasteiger partial charge in [-0.3, -0.25) is 24.2 Å². The van der Waals surface area contributed by atoms with Crippen molar-refractivity contribution in [1.82, 2.24) is 29.9 Å². The van der Waals surface area contributed by atoms with Gasteiger partial charge in [0, 0.05) is 24.3 Å². The number of carbonyl (C=O) groups excluding carboxylic acids is 3. The molecular weight excluding hydrogens is 589 g/mol. The number of carbonyl (C=O) groups is 3. The second kappa shape index (κ2) is 9.97. The first-order valence-corrected chi connectivity index (χ1v) is 13.8. The van der Waals surface area contributed by atoms with E-state index in [1.54, 1.807) is 35.6 Å². The zero-order chi connectivity index (χ0) is 27.3. The van der Waals surface area contributed by atoms with E-state index >= 15 is 0 Å². The van der Waals surface area contributed by atoms with Crippen LogP contribution in [0.15, 0.2) is 52.4 Å². The first-order chi connectivity index (χ1) is 18.8. The van der Waals surface area contributed by atoms with E-state index in [1.165, 1.54) is 16.5 Å². The highest BCUT2D eigenvalue weighted by Crippen LogP contribution is 2.33. The molecule has 5 heterocycles. The predicted molar refractivity (Wildman–Crippen MR) is 148 cm³/mol. The number of nitrogens with zero attached hydrogens (tertiary/aromatic N) is 5. The van der Waals surface area contributed by atoms with E-state index in [-0.39, 0.29) is 31.0 Å². The minimum absolute atomic E-state index is 0.117. The molecule has 5 aromatic rings. The SMILES string of the molecule is CC(=O)c1nn(CC(=O)N2C[C@H](F)C[C@H]2C(=O)Nc2cccc(Br)n2)c2ccc(-c3n[nH]c4ccsc34)cc12. The van der Waals surface area contributed by atoms with Gasteiger partial charge in [0.05, 0.1) is 22.3 Å². The highest BCUT2D eigenvalue weighted by molar-refractivity contribution is 9.10. The molecule has 0 bridgehead atoms. The lowest BCUT2D eigenvalue weighted by Crippen LogP contribution is -2.44. The quantitative estimate of drug-likeness (QED) is 0.214. The molecule has 1 saturated heterocycles. The molecule has 6 rings (SSSR count). The van der Waals surface area contributed by atoms with Crippen LogP contribution in [-0.2, 0) is 16.1 Å². The summed E-state index contributed by atoms with van der Waals surface area (Å²) in [5.74, 6) is -0.961. The molecule has 2 atom stereocenters. The molecule has 39 heavy (non-hydrogen) atoms. The number of aromatic amines is 1. The van der Waals surface area contributed by atoms with Crippen LogP contribution in [0.1, 0.15) is 23.8 Å². The van der Waals surface area contributed by atoms with Crippen LogP contribution in [0.5, 0.6) is 0 Å². The number of aromatic nitrogens is 5. The van der Waals surface area contributed by atoms with Crippen molar-refractivity contribution in [1.29, 1.82) is 0 Å².